The molecule has 0 spiro atoms. The third kappa shape index (κ3) is 12.2. The van der Waals surface area contributed by atoms with E-state index in [1.807, 2.05) is 0 Å². The Kier molecular flexibility index (Phi) is 18.0. The maximum Gasteiger partial charge on any atom is 0.306 e. The van der Waals surface area contributed by atoms with Gasteiger partial charge in [0.2, 0.25) is 0 Å². The second-order valence-electron chi connectivity index (χ2n) is 17.9. The van der Waals surface area contributed by atoms with Crippen molar-refractivity contribution in [1.82, 2.24) is 0 Å². The first-order valence-corrected chi connectivity index (χ1v) is 22.1. The minimum Gasteiger partial charge on any atom is -0.462 e. The molecule has 0 aliphatic heterocycles. The fourth-order valence-corrected chi connectivity index (χ4v) is 11.0. The minimum absolute atomic E-state index is 0.0281. The number of hydrogen-bond acceptors (Lipinski definition) is 2. The summed E-state index contributed by atoms with van der Waals surface area (Å²) in [5.74, 6) is 5.36. The number of hydrogen-bond donors (Lipinski definition) is 0. The van der Waals surface area contributed by atoms with Crippen molar-refractivity contribution in [2.75, 3.05) is 0 Å². The molecule has 4 aliphatic rings. The van der Waals surface area contributed by atoms with Gasteiger partial charge in [0.05, 0.1) is 0 Å². The molecule has 0 saturated heterocycles. The van der Waals surface area contributed by atoms with Crippen LogP contribution in [0.15, 0.2) is 96.7 Å². The topological polar surface area (TPSA) is 26.3 Å². The smallest absolute Gasteiger partial charge is 0.306 e. The zero-order valence-electron chi connectivity index (χ0n) is 35.1. The number of carbonyl (C=O) groups is 1. The van der Waals surface area contributed by atoms with Crippen LogP contribution in [0.1, 0.15) is 158 Å². The van der Waals surface area contributed by atoms with Crippen LogP contribution in [0.2, 0.25) is 0 Å². The quantitative estimate of drug-likeness (QED) is 0.0924. The number of esters is 1. The van der Waals surface area contributed by atoms with Crippen LogP contribution in [0.4, 0.5) is 0 Å². The highest BCUT2D eigenvalue weighted by atomic mass is 16.5. The number of ether oxygens (including phenoxy) is 1. The molecule has 4 rings (SSSR count). The van der Waals surface area contributed by atoms with Crippen LogP contribution in [-0.2, 0) is 9.53 Å². The second kappa shape index (κ2) is 22.1. The standard InChI is InChI=1S/C51H78O2/c1-8-10-11-12-13-14-15-16-17-18-19-20-21-22-23-24-25-26-27-28-49(52)53-44-35-37-50(6)43(39-44)31-32-45-47-34-33-46(51(47,7)38-36-48(45)50)41(5)29-30-42(9-2)40(3)4/h10-11,13-14,16-17,19-20,22-23,25-26,29-31,40-42,44-48H,8-9,12,15,18,21,24,27-28,32-39H2,1-7H3/b11-10-,14-13-,17-16-,20-19-,23-22-,26-25-,30-29+. The van der Waals surface area contributed by atoms with Crippen LogP contribution in [0.3, 0.4) is 0 Å². The summed E-state index contributed by atoms with van der Waals surface area (Å²) in [5.41, 5.74) is 2.37. The van der Waals surface area contributed by atoms with Gasteiger partial charge in [0.25, 0.3) is 0 Å². The predicted molar refractivity (Wildman–Crippen MR) is 229 cm³/mol. The molecule has 0 radical (unpaired) electrons. The summed E-state index contributed by atoms with van der Waals surface area (Å²) >= 11 is 0. The van der Waals surface area contributed by atoms with Crippen LogP contribution < -0.4 is 0 Å². The summed E-state index contributed by atoms with van der Waals surface area (Å²) in [6.45, 7) is 17.0. The molecule has 0 aromatic rings. The van der Waals surface area contributed by atoms with E-state index in [1.54, 1.807) is 5.57 Å². The van der Waals surface area contributed by atoms with E-state index in [2.05, 4.69) is 140 Å². The van der Waals surface area contributed by atoms with E-state index < -0.39 is 0 Å². The number of fused-ring (bicyclic) bond motifs is 5. The highest BCUT2D eigenvalue weighted by molar-refractivity contribution is 5.69. The lowest BCUT2D eigenvalue weighted by atomic mass is 9.47. The van der Waals surface area contributed by atoms with Crippen LogP contribution in [0, 0.1) is 52.3 Å². The van der Waals surface area contributed by atoms with Crippen molar-refractivity contribution >= 4 is 5.97 Å². The molecule has 2 nitrogen and oxygen atoms in total. The normalized spacial score (nSPS) is 31.8. The fraction of sp³-hybridized carbons (Fsp3) is 0.667. The van der Waals surface area contributed by atoms with Crippen LogP contribution in [0.5, 0.6) is 0 Å². The molecule has 9 atom stereocenters. The van der Waals surface area contributed by atoms with Crippen molar-refractivity contribution in [3.05, 3.63) is 96.7 Å². The minimum atomic E-state index is -0.0281. The van der Waals surface area contributed by atoms with Crippen molar-refractivity contribution in [1.29, 1.82) is 0 Å². The summed E-state index contributed by atoms with van der Waals surface area (Å²) in [5, 5.41) is 0. The van der Waals surface area contributed by atoms with Gasteiger partial charge >= 0.3 is 5.97 Å². The van der Waals surface area contributed by atoms with Crippen molar-refractivity contribution in [2.24, 2.45) is 52.3 Å². The molecular weight excluding hydrogens is 645 g/mol. The molecule has 0 amide bonds. The lowest BCUT2D eigenvalue weighted by molar-refractivity contribution is -0.151. The highest BCUT2D eigenvalue weighted by Crippen LogP contribution is 2.67. The second-order valence-corrected chi connectivity index (χ2v) is 17.9. The first-order chi connectivity index (χ1) is 25.6. The van der Waals surface area contributed by atoms with Gasteiger partial charge in [-0.3, -0.25) is 4.79 Å². The number of carbonyl (C=O) groups excluding carboxylic acids is 1. The zero-order chi connectivity index (χ0) is 38.1. The van der Waals surface area contributed by atoms with Crippen molar-refractivity contribution in [3.63, 3.8) is 0 Å². The molecule has 0 N–H and O–H groups in total. The molecule has 0 bridgehead atoms. The van der Waals surface area contributed by atoms with Gasteiger partial charge in [-0.05, 0) is 149 Å². The predicted octanol–water partition coefficient (Wildman–Crippen LogP) is 14.8. The molecule has 9 unspecified atom stereocenters. The van der Waals surface area contributed by atoms with Gasteiger partial charge < -0.3 is 4.74 Å². The van der Waals surface area contributed by atoms with E-state index >= 15 is 0 Å². The Morgan fingerprint density at radius 1 is 0.755 bits per heavy atom. The summed E-state index contributed by atoms with van der Waals surface area (Å²) in [4.78, 5) is 12.8. The Balaban J connectivity index is 1.14. The molecular formula is C51H78O2. The van der Waals surface area contributed by atoms with E-state index in [0.717, 1.165) is 87.4 Å². The lowest BCUT2D eigenvalue weighted by Gasteiger charge is -2.58. The van der Waals surface area contributed by atoms with E-state index in [9.17, 15) is 4.79 Å². The van der Waals surface area contributed by atoms with Crippen molar-refractivity contribution < 1.29 is 9.53 Å². The Bertz CT molecular complexity index is 1350. The monoisotopic (exact) mass is 723 g/mol. The van der Waals surface area contributed by atoms with Gasteiger partial charge in [-0.25, -0.2) is 0 Å². The molecule has 294 valence electrons. The number of rotatable bonds is 20. The van der Waals surface area contributed by atoms with Gasteiger partial charge in [-0.2, -0.15) is 0 Å². The van der Waals surface area contributed by atoms with Gasteiger partial charge in [-0.1, -0.05) is 145 Å². The molecule has 0 aromatic carbocycles. The summed E-state index contributed by atoms with van der Waals surface area (Å²) in [7, 11) is 0. The Morgan fingerprint density at radius 2 is 1.36 bits per heavy atom. The van der Waals surface area contributed by atoms with E-state index in [1.165, 1.54) is 44.9 Å². The average Bonchev–Trinajstić information content (AvgIpc) is 3.50. The Hall–Kier alpha value is -2.61. The zero-order valence-corrected chi connectivity index (χ0v) is 35.1. The Morgan fingerprint density at radius 3 is 1.94 bits per heavy atom. The van der Waals surface area contributed by atoms with E-state index in [0.29, 0.717) is 23.7 Å². The van der Waals surface area contributed by atoms with Crippen molar-refractivity contribution in [2.45, 2.75) is 164 Å². The Labute approximate surface area is 327 Å². The lowest BCUT2D eigenvalue weighted by Crippen LogP contribution is -2.51. The summed E-state index contributed by atoms with van der Waals surface area (Å²) < 4.78 is 6.09. The van der Waals surface area contributed by atoms with Gasteiger partial charge in [-0.15, -0.1) is 0 Å². The summed E-state index contributed by atoms with van der Waals surface area (Å²) in [6.07, 6.45) is 52.8. The van der Waals surface area contributed by atoms with Gasteiger partial charge in [0, 0.05) is 12.8 Å². The molecule has 3 saturated carbocycles. The first kappa shape index (κ1) is 43.1. The molecule has 0 heterocycles. The van der Waals surface area contributed by atoms with Crippen molar-refractivity contribution in [3.8, 4) is 0 Å². The molecule has 53 heavy (non-hydrogen) atoms. The maximum atomic E-state index is 12.8. The van der Waals surface area contributed by atoms with E-state index in [-0.39, 0.29) is 17.5 Å². The summed E-state index contributed by atoms with van der Waals surface area (Å²) in [6, 6.07) is 0. The molecule has 4 aliphatic carbocycles. The maximum absolute atomic E-state index is 12.8. The van der Waals surface area contributed by atoms with Crippen LogP contribution in [0.25, 0.3) is 0 Å². The highest BCUT2D eigenvalue weighted by Gasteiger charge is 2.59. The first-order valence-electron chi connectivity index (χ1n) is 22.1. The van der Waals surface area contributed by atoms with Gasteiger partial charge in [0.15, 0.2) is 0 Å². The average molecular weight is 723 g/mol. The van der Waals surface area contributed by atoms with E-state index in [4.69, 9.17) is 4.74 Å². The molecule has 3 fully saturated rings. The molecule has 0 aromatic heterocycles. The van der Waals surface area contributed by atoms with Gasteiger partial charge in [0.1, 0.15) is 6.10 Å². The third-order valence-electron chi connectivity index (χ3n) is 14.2. The largest absolute Gasteiger partial charge is 0.462 e. The van der Waals surface area contributed by atoms with Crippen LogP contribution >= 0.6 is 0 Å². The van der Waals surface area contributed by atoms with Crippen LogP contribution in [-0.4, -0.2) is 12.1 Å². The fourth-order valence-electron chi connectivity index (χ4n) is 11.0. The number of allylic oxidation sites excluding steroid dienone is 15. The molecule has 2 heteroatoms. The third-order valence-corrected chi connectivity index (χ3v) is 14.2. The SMILES string of the molecule is CC/C=C\C/C=C\C/C=C\C/C=C\C/C=C\C/C=C\CCC(=O)OC1CCC2(C)C(=CCC3C2CCC2(C)C(C(C)/C=C/C(CC)C(C)C)CCC32)C1.